The highest BCUT2D eigenvalue weighted by Gasteiger charge is 1.97. The molecule has 0 aliphatic heterocycles. The van der Waals surface area contributed by atoms with Crippen molar-refractivity contribution in [2.75, 3.05) is 0 Å². The molecule has 94 valence electrons. The van der Waals surface area contributed by atoms with E-state index in [-0.39, 0.29) is 0 Å². The van der Waals surface area contributed by atoms with E-state index in [1.165, 1.54) is 51.4 Å². The molecule has 1 heteroatoms. The quantitative estimate of drug-likeness (QED) is 0.322. The summed E-state index contributed by atoms with van der Waals surface area (Å²) in [6, 6.07) is 6.26. The highest BCUT2D eigenvalue weighted by Crippen LogP contribution is 2.08. The van der Waals surface area contributed by atoms with Crippen LogP contribution >= 0.6 is 0 Å². The fraction of sp³-hybridized carbons (Fsp3) is 0.562. The van der Waals surface area contributed by atoms with E-state index in [0.29, 0.717) is 0 Å². The zero-order valence-corrected chi connectivity index (χ0v) is 11.0. The molecule has 0 unspecified atom stereocenters. The summed E-state index contributed by atoms with van der Waals surface area (Å²) in [5, 5.41) is 0. The molecule has 1 nitrogen and oxygen atoms in total. The minimum Gasteiger partial charge on any atom is -0.205 e. The fourth-order valence-electron chi connectivity index (χ4n) is 2.05. The molecule has 0 spiro atoms. The molecule has 1 aromatic heterocycles. The van der Waals surface area contributed by atoms with E-state index < -0.39 is 0 Å². The first-order chi connectivity index (χ1) is 8.43. The van der Waals surface area contributed by atoms with Gasteiger partial charge in [-0.05, 0) is 19.3 Å². The second kappa shape index (κ2) is 10.1. The Morgan fingerprint density at radius 2 is 1.35 bits per heavy atom. The van der Waals surface area contributed by atoms with Crippen molar-refractivity contribution in [2.24, 2.45) is 0 Å². The molecule has 17 heavy (non-hydrogen) atoms. The van der Waals surface area contributed by atoms with Crippen LogP contribution in [0.15, 0.2) is 43.2 Å². The van der Waals surface area contributed by atoms with Gasteiger partial charge in [-0.3, -0.25) is 0 Å². The average Bonchev–Trinajstić information content (AvgIpc) is 2.38. The van der Waals surface area contributed by atoms with Gasteiger partial charge in [0.2, 0.25) is 0 Å². The van der Waals surface area contributed by atoms with Crippen LogP contribution in [0, 0.1) is 0 Å². The molecule has 0 bridgehead atoms. The van der Waals surface area contributed by atoms with Crippen LogP contribution in [0.4, 0.5) is 0 Å². The summed E-state index contributed by atoms with van der Waals surface area (Å²) in [7, 11) is 0. The van der Waals surface area contributed by atoms with E-state index >= 15 is 0 Å². The van der Waals surface area contributed by atoms with E-state index in [9.17, 15) is 0 Å². The van der Waals surface area contributed by atoms with Crippen LogP contribution in [0.2, 0.25) is 0 Å². The number of hydrogen-bond acceptors (Lipinski definition) is 0. The maximum Gasteiger partial charge on any atom is 0.168 e. The van der Waals surface area contributed by atoms with Gasteiger partial charge in [-0.2, -0.15) is 0 Å². The molecule has 0 N–H and O–H groups in total. The van der Waals surface area contributed by atoms with Crippen LogP contribution in [-0.4, -0.2) is 0 Å². The lowest BCUT2D eigenvalue weighted by atomic mass is 10.1. The molecule has 0 saturated heterocycles. The van der Waals surface area contributed by atoms with Gasteiger partial charge in [-0.1, -0.05) is 37.8 Å². The van der Waals surface area contributed by atoms with Crippen molar-refractivity contribution in [3.63, 3.8) is 0 Å². The third-order valence-corrected chi connectivity index (χ3v) is 3.10. The van der Waals surface area contributed by atoms with Gasteiger partial charge in [0.05, 0.1) is 0 Å². The Hall–Kier alpha value is -1.11. The summed E-state index contributed by atoms with van der Waals surface area (Å²) in [5.41, 5.74) is 0. The highest BCUT2D eigenvalue weighted by atomic mass is 14.9. The van der Waals surface area contributed by atoms with E-state index in [1.54, 1.807) is 0 Å². The Kier molecular flexibility index (Phi) is 8.27. The lowest BCUT2D eigenvalue weighted by Gasteiger charge is -2.00. The molecule has 0 aromatic carbocycles. The minimum atomic E-state index is 1.16. The van der Waals surface area contributed by atoms with Crippen LogP contribution in [0.3, 0.4) is 0 Å². The molecule has 1 rings (SSSR count). The van der Waals surface area contributed by atoms with Crippen molar-refractivity contribution >= 4 is 0 Å². The highest BCUT2D eigenvalue weighted by molar-refractivity contribution is 4.83. The Morgan fingerprint density at radius 1 is 0.765 bits per heavy atom. The third kappa shape index (κ3) is 7.73. The molecule has 0 radical (unpaired) electrons. The molecule has 0 saturated carbocycles. The van der Waals surface area contributed by atoms with Crippen molar-refractivity contribution in [3.8, 4) is 0 Å². The maximum atomic E-state index is 3.75. The van der Waals surface area contributed by atoms with Gasteiger partial charge in [-0.15, -0.1) is 6.58 Å². The predicted molar refractivity (Wildman–Crippen MR) is 73.8 cm³/mol. The summed E-state index contributed by atoms with van der Waals surface area (Å²) in [6.45, 7) is 4.91. The number of rotatable bonds is 10. The van der Waals surface area contributed by atoms with Crippen molar-refractivity contribution in [1.82, 2.24) is 0 Å². The van der Waals surface area contributed by atoms with Crippen LogP contribution in [0.25, 0.3) is 0 Å². The molecular weight excluding hydrogens is 206 g/mol. The lowest BCUT2D eigenvalue weighted by Crippen LogP contribution is -2.32. The lowest BCUT2D eigenvalue weighted by molar-refractivity contribution is -0.697. The van der Waals surface area contributed by atoms with Crippen molar-refractivity contribution in [3.05, 3.63) is 43.2 Å². The molecule has 0 aliphatic rings. The first-order valence-electron chi connectivity index (χ1n) is 6.98. The number of nitrogens with zero attached hydrogens (tertiary/aromatic N) is 1. The molecule has 0 aliphatic carbocycles. The average molecular weight is 232 g/mol. The maximum absolute atomic E-state index is 3.75. The van der Waals surface area contributed by atoms with Gasteiger partial charge in [0, 0.05) is 18.6 Å². The van der Waals surface area contributed by atoms with Crippen LogP contribution < -0.4 is 4.57 Å². The van der Waals surface area contributed by atoms with Crippen LogP contribution in [0.5, 0.6) is 0 Å². The molecule has 0 atom stereocenters. The van der Waals surface area contributed by atoms with Crippen LogP contribution in [0.1, 0.15) is 51.4 Å². The summed E-state index contributed by atoms with van der Waals surface area (Å²) in [4.78, 5) is 0. The Morgan fingerprint density at radius 3 is 2.00 bits per heavy atom. The van der Waals surface area contributed by atoms with Gasteiger partial charge >= 0.3 is 0 Å². The number of unbranched alkanes of at least 4 members (excludes halogenated alkanes) is 7. The molecule has 0 amide bonds. The monoisotopic (exact) mass is 232 g/mol. The number of allylic oxidation sites excluding steroid dienone is 1. The first-order valence-corrected chi connectivity index (χ1v) is 6.98. The van der Waals surface area contributed by atoms with Gasteiger partial charge in [-0.25, -0.2) is 4.57 Å². The smallest absolute Gasteiger partial charge is 0.168 e. The van der Waals surface area contributed by atoms with Gasteiger partial charge < -0.3 is 0 Å². The van der Waals surface area contributed by atoms with Crippen molar-refractivity contribution in [2.45, 2.75) is 57.9 Å². The SMILES string of the molecule is C=CCCCCCCCCC[n+]1ccccc1. The molecular formula is C16H26N+. The predicted octanol–water partition coefficient (Wildman–Crippen LogP) is 4.28. The van der Waals surface area contributed by atoms with Gasteiger partial charge in [0.25, 0.3) is 0 Å². The Bertz CT molecular complexity index is 279. The summed E-state index contributed by atoms with van der Waals surface area (Å²) < 4.78 is 2.27. The minimum absolute atomic E-state index is 1.16. The number of aryl methyl sites for hydroxylation is 1. The van der Waals surface area contributed by atoms with E-state index in [2.05, 4.69) is 41.7 Å². The molecule has 0 fully saturated rings. The second-order valence-electron chi connectivity index (χ2n) is 4.67. The number of pyridine rings is 1. The summed E-state index contributed by atoms with van der Waals surface area (Å²) >= 11 is 0. The summed E-state index contributed by atoms with van der Waals surface area (Å²) in [6.07, 6.45) is 17.1. The van der Waals surface area contributed by atoms with Gasteiger partial charge in [0.15, 0.2) is 12.4 Å². The number of hydrogen-bond donors (Lipinski definition) is 0. The Labute approximate surface area is 106 Å². The van der Waals surface area contributed by atoms with E-state index in [4.69, 9.17) is 0 Å². The zero-order valence-electron chi connectivity index (χ0n) is 11.0. The third-order valence-electron chi connectivity index (χ3n) is 3.10. The standard InChI is InChI=1S/C16H26N/c1-2-3-4-5-6-7-8-9-11-14-17-15-12-10-13-16-17/h2,10,12-13,15-16H,1,3-9,11,14H2/q+1. The summed E-state index contributed by atoms with van der Waals surface area (Å²) in [5.74, 6) is 0. The van der Waals surface area contributed by atoms with E-state index in [1.807, 2.05) is 6.08 Å². The number of aromatic nitrogens is 1. The second-order valence-corrected chi connectivity index (χ2v) is 4.67. The topological polar surface area (TPSA) is 3.88 Å². The molecule has 1 aromatic rings. The Balaban J connectivity index is 1.86. The van der Waals surface area contributed by atoms with Crippen molar-refractivity contribution in [1.29, 1.82) is 0 Å². The van der Waals surface area contributed by atoms with E-state index in [0.717, 1.165) is 6.54 Å². The van der Waals surface area contributed by atoms with Crippen molar-refractivity contribution < 1.29 is 4.57 Å². The molecule has 1 heterocycles. The zero-order chi connectivity index (χ0) is 12.2. The van der Waals surface area contributed by atoms with Crippen LogP contribution in [-0.2, 0) is 6.54 Å². The van der Waals surface area contributed by atoms with Gasteiger partial charge in [0.1, 0.15) is 6.54 Å². The first kappa shape index (κ1) is 14.0. The largest absolute Gasteiger partial charge is 0.205 e. The fourth-order valence-corrected chi connectivity index (χ4v) is 2.05. The normalized spacial score (nSPS) is 10.4.